The Bertz CT molecular complexity index is 376. The summed E-state index contributed by atoms with van der Waals surface area (Å²) >= 11 is 0. The van der Waals surface area contributed by atoms with Crippen molar-refractivity contribution >= 4 is 6.08 Å². The molecule has 0 saturated heterocycles. The van der Waals surface area contributed by atoms with Gasteiger partial charge in [0.05, 0.1) is 0 Å². The average Bonchev–Trinajstić information content (AvgIpc) is 2.29. The van der Waals surface area contributed by atoms with Crippen molar-refractivity contribution in [1.82, 2.24) is 0 Å². The van der Waals surface area contributed by atoms with E-state index in [1.165, 1.54) is 11.1 Å². The number of azide groups is 1. The molecule has 3 nitrogen and oxygen atoms in total. The highest BCUT2D eigenvalue weighted by Crippen LogP contribution is 2.07. The molecule has 1 aromatic carbocycles. The standard InChI is InChI=1S/C12H15N3/c1-2-11-7-5-8-12(10-11)6-3-4-9-14-15-13/h3,5-8,10H,2,4,9H2,1H3. The molecule has 3 heteroatoms. The Kier molecular flexibility index (Phi) is 5.06. The molecule has 0 spiro atoms. The van der Waals surface area contributed by atoms with Crippen LogP contribution in [0.4, 0.5) is 0 Å². The van der Waals surface area contributed by atoms with Crippen LogP contribution in [-0.4, -0.2) is 6.54 Å². The highest BCUT2D eigenvalue weighted by atomic mass is 15.1. The molecule has 0 saturated carbocycles. The molecule has 0 atom stereocenters. The van der Waals surface area contributed by atoms with E-state index in [4.69, 9.17) is 5.53 Å². The summed E-state index contributed by atoms with van der Waals surface area (Å²) in [6.45, 7) is 2.67. The molecule has 0 aromatic heterocycles. The monoisotopic (exact) mass is 201 g/mol. The summed E-state index contributed by atoms with van der Waals surface area (Å²) in [7, 11) is 0. The van der Waals surface area contributed by atoms with E-state index in [0.717, 1.165) is 12.8 Å². The van der Waals surface area contributed by atoms with Gasteiger partial charge in [-0.3, -0.25) is 0 Å². The quantitative estimate of drug-likeness (QED) is 0.299. The first-order valence-electron chi connectivity index (χ1n) is 5.13. The number of rotatable bonds is 5. The molecule has 1 rings (SSSR count). The maximum atomic E-state index is 8.09. The van der Waals surface area contributed by atoms with Gasteiger partial charge < -0.3 is 0 Å². The summed E-state index contributed by atoms with van der Waals surface area (Å²) in [6.07, 6.45) is 5.94. The number of hydrogen-bond acceptors (Lipinski definition) is 1. The van der Waals surface area contributed by atoms with Crippen LogP contribution in [0.2, 0.25) is 0 Å². The summed E-state index contributed by atoms with van der Waals surface area (Å²) in [4.78, 5) is 2.70. The molecule has 0 N–H and O–H groups in total. The molecule has 0 aliphatic rings. The van der Waals surface area contributed by atoms with Crippen LogP contribution in [0.25, 0.3) is 16.5 Å². The molecule has 15 heavy (non-hydrogen) atoms. The second kappa shape index (κ2) is 6.68. The van der Waals surface area contributed by atoms with Gasteiger partial charge in [0, 0.05) is 11.5 Å². The lowest BCUT2D eigenvalue weighted by atomic mass is 10.1. The van der Waals surface area contributed by atoms with E-state index >= 15 is 0 Å². The van der Waals surface area contributed by atoms with Crippen LogP contribution in [0.1, 0.15) is 24.5 Å². The largest absolute Gasteiger partial charge is 0.0937 e. The molecular weight excluding hydrogens is 186 g/mol. The van der Waals surface area contributed by atoms with Gasteiger partial charge in [-0.05, 0) is 29.5 Å². The van der Waals surface area contributed by atoms with Crippen LogP contribution in [-0.2, 0) is 6.42 Å². The fourth-order valence-corrected chi connectivity index (χ4v) is 1.31. The van der Waals surface area contributed by atoms with E-state index < -0.39 is 0 Å². The number of nitrogens with zero attached hydrogens (tertiary/aromatic N) is 3. The van der Waals surface area contributed by atoms with Crippen molar-refractivity contribution in [3.63, 3.8) is 0 Å². The minimum Gasteiger partial charge on any atom is -0.0937 e. The van der Waals surface area contributed by atoms with Crippen LogP contribution in [0.5, 0.6) is 0 Å². The molecule has 0 unspecified atom stereocenters. The average molecular weight is 201 g/mol. The molecule has 1 aromatic rings. The van der Waals surface area contributed by atoms with Crippen molar-refractivity contribution < 1.29 is 0 Å². The van der Waals surface area contributed by atoms with Crippen LogP contribution in [0, 0.1) is 0 Å². The molecular formula is C12H15N3. The highest BCUT2D eigenvalue weighted by molar-refractivity contribution is 5.50. The van der Waals surface area contributed by atoms with E-state index in [2.05, 4.69) is 47.3 Å². The maximum Gasteiger partial charge on any atom is 0.0292 e. The smallest absolute Gasteiger partial charge is 0.0292 e. The van der Waals surface area contributed by atoms with Crippen LogP contribution in [0.3, 0.4) is 0 Å². The van der Waals surface area contributed by atoms with Crippen molar-refractivity contribution in [3.8, 4) is 0 Å². The summed E-state index contributed by atoms with van der Waals surface area (Å²) in [5.41, 5.74) is 10.6. The third-order valence-electron chi connectivity index (χ3n) is 2.13. The molecule has 0 fully saturated rings. The first-order valence-corrected chi connectivity index (χ1v) is 5.13. The van der Waals surface area contributed by atoms with Crippen LogP contribution >= 0.6 is 0 Å². The second-order valence-electron chi connectivity index (χ2n) is 3.24. The lowest BCUT2D eigenvalue weighted by Crippen LogP contribution is -1.80. The minimum atomic E-state index is 0.528. The third kappa shape index (κ3) is 4.34. The second-order valence-corrected chi connectivity index (χ2v) is 3.24. The van der Waals surface area contributed by atoms with Gasteiger partial charge in [-0.1, -0.05) is 48.5 Å². The highest BCUT2D eigenvalue weighted by Gasteiger charge is 1.89. The lowest BCUT2D eigenvalue weighted by Gasteiger charge is -1.97. The van der Waals surface area contributed by atoms with E-state index in [9.17, 15) is 0 Å². The summed E-state index contributed by atoms with van der Waals surface area (Å²) in [6, 6.07) is 8.43. The van der Waals surface area contributed by atoms with Crippen LogP contribution in [0.15, 0.2) is 35.5 Å². The van der Waals surface area contributed by atoms with E-state index in [0.29, 0.717) is 6.54 Å². The normalized spacial score (nSPS) is 10.2. The molecule has 0 radical (unpaired) electrons. The summed E-state index contributed by atoms with van der Waals surface area (Å²) < 4.78 is 0. The molecule has 78 valence electrons. The summed E-state index contributed by atoms with van der Waals surface area (Å²) in [5, 5.41) is 3.47. The van der Waals surface area contributed by atoms with E-state index in [1.807, 2.05) is 6.08 Å². The third-order valence-corrected chi connectivity index (χ3v) is 2.13. The van der Waals surface area contributed by atoms with E-state index in [1.54, 1.807) is 0 Å². The van der Waals surface area contributed by atoms with Gasteiger partial charge in [0.2, 0.25) is 0 Å². The zero-order valence-electron chi connectivity index (χ0n) is 8.93. The van der Waals surface area contributed by atoms with Gasteiger partial charge in [0.15, 0.2) is 0 Å². The van der Waals surface area contributed by atoms with Gasteiger partial charge in [0.25, 0.3) is 0 Å². The van der Waals surface area contributed by atoms with Gasteiger partial charge in [-0.25, -0.2) is 0 Å². The minimum absolute atomic E-state index is 0.528. The topological polar surface area (TPSA) is 48.8 Å². The van der Waals surface area contributed by atoms with Crippen molar-refractivity contribution in [2.24, 2.45) is 5.11 Å². The van der Waals surface area contributed by atoms with Crippen molar-refractivity contribution in [2.45, 2.75) is 19.8 Å². The fraction of sp³-hybridized carbons (Fsp3) is 0.333. The molecule has 0 heterocycles. The lowest BCUT2D eigenvalue weighted by molar-refractivity contribution is 0.995. The van der Waals surface area contributed by atoms with Gasteiger partial charge in [-0.15, -0.1) is 0 Å². The zero-order chi connectivity index (χ0) is 10.9. The Hall–Kier alpha value is -1.73. The van der Waals surface area contributed by atoms with Crippen molar-refractivity contribution in [1.29, 1.82) is 0 Å². The predicted octanol–water partition coefficient (Wildman–Crippen LogP) is 3.96. The first kappa shape index (κ1) is 11.3. The Balaban J connectivity index is 2.52. The SMILES string of the molecule is CCc1cccc(C=CCCN=[N+]=[N-])c1. The first-order chi connectivity index (χ1) is 7.36. The number of benzene rings is 1. The predicted molar refractivity (Wildman–Crippen MR) is 63.5 cm³/mol. The van der Waals surface area contributed by atoms with Gasteiger partial charge in [0.1, 0.15) is 0 Å². The Morgan fingerprint density at radius 1 is 1.47 bits per heavy atom. The van der Waals surface area contributed by atoms with Gasteiger partial charge in [-0.2, -0.15) is 0 Å². The Morgan fingerprint density at radius 3 is 3.07 bits per heavy atom. The molecule has 0 aliphatic heterocycles. The van der Waals surface area contributed by atoms with E-state index in [-0.39, 0.29) is 0 Å². The number of aryl methyl sites for hydroxylation is 1. The Labute approximate surface area is 90.1 Å². The number of hydrogen-bond donors (Lipinski definition) is 0. The van der Waals surface area contributed by atoms with Crippen molar-refractivity contribution in [3.05, 3.63) is 51.9 Å². The fourth-order valence-electron chi connectivity index (χ4n) is 1.31. The van der Waals surface area contributed by atoms with Crippen molar-refractivity contribution in [2.75, 3.05) is 6.54 Å². The molecule has 0 bridgehead atoms. The van der Waals surface area contributed by atoms with Crippen LogP contribution < -0.4 is 0 Å². The van der Waals surface area contributed by atoms with Gasteiger partial charge >= 0.3 is 0 Å². The zero-order valence-corrected chi connectivity index (χ0v) is 8.93. The Morgan fingerprint density at radius 2 is 2.33 bits per heavy atom. The molecule has 0 aliphatic carbocycles. The molecule has 0 amide bonds. The maximum absolute atomic E-state index is 8.09. The summed E-state index contributed by atoms with van der Waals surface area (Å²) in [5.74, 6) is 0.